The lowest BCUT2D eigenvalue weighted by molar-refractivity contribution is -0.126. The van der Waals surface area contributed by atoms with Crippen LogP contribution in [-0.4, -0.2) is 17.9 Å². The number of carbonyl (C=O) groups is 2. The fraction of sp³-hybridized carbons (Fsp3) is 0.818. The Morgan fingerprint density at radius 1 is 1.00 bits per heavy atom. The monoisotopic (exact) mass is 210 g/mol. The lowest BCUT2D eigenvalue weighted by Gasteiger charge is -2.20. The van der Waals surface area contributed by atoms with Crippen LogP contribution < -0.4 is 11.1 Å². The van der Waals surface area contributed by atoms with E-state index in [4.69, 9.17) is 5.73 Å². The number of fused-ring (bicyclic) bond motifs is 1. The molecule has 1 aliphatic carbocycles. The van der Waals surface area contributed by atoms with Crippen LogP contribution in [0.4, 0.5) is 0 Å². The molecule has 1 heterocycles. The number of nitrogens with two attached hydrogens (primary N) is 1. The van der Waals surface area contributed by atoms with Crippen molar-refractivity contribution in [3.05, 3.63) is 0 Å². The quantitative estimate of drug-likeness (QED) is 0.574. The maximum absolute atomic E-state index is 11.6. The Balaban J connectivity index is 2.16. The highest BCUT2D eigenvalue weighted by molar-refractivity contribution is 6.05. The van der Waals surface area contributed by atoms with E-state index in [9.17, 15) is 9.59 Å². The van der Waals surface area contributed by atoms with Crippen LogP contribution in [0, 0.1) is 11.8 Å². The van der Waals surface area contributed by atoms with E-state index in [1.807, 2.05) is 0 Å². The summed E-state index contributed by atoms with van der Waals surface area (Å²) in [7, 11) is 0. The van der Waals surface area contributed by atoms with Crippen LogP contribution in [0.5, 0.6) is 0 Å². The molecule has 0 aromatic rings. The molecule has 2 amide bonds. The molecule has 0 radical (unpaired) electrons. The summed E-state index contributed by atoms with van der Waals surface area (Å²) in [6, 6.07) is -0.139. The van der Waals surface area contributed by atoms with E-state index >= 15 is 0 Å². The van der Waals surface area contributed by atoms with Crippen molar-refractivity contribution in [1.82, 2.24) is 5.32 Å². The average Bonchev–Trinajstić information content (AvgIpc) is 2.50. The predicted octanol–water partition coefficient (Wildman–Crippen LogP) is 0.557. The molecule has 1 aliphatic heterocycles. The Kier molecular flexibility index (Phi) is 3.05. The second kappa shape index (κ2) is 4.31. The van der Waals surface area contributed by atoms with Crippen LogP contribution in [0.25, 0.3) is 0 Å². The zero-order chi connectivity index (χ0) is 10.8. The minimum atomic E-state index is -0.268. The van der Waals surface area contributed by atoms with Gasteiger partial charge in [0.15, 0.2) is 0 Å². The van der Waals surface area contributed by atoms with Crippen LogP contribution >= 0.6 is 0 Å². The number of hydrogen-bond acceptors (Lipinski definition) is 3. The van der Waals surface area contributed by atoms with Gasteiger partial charge in [0.1, 0.15) is 0 Å². The third-order valence-corrected chi connectivity index (χ3v) is 3.58. The number of rotatable bonds is 0. The van der Waals surface area contributed by atoms with Gasteiger partial charge in [-0.15, -0.1) is 0 Å². The first-order valence-electron chi connectivity index (χ1n) is 5.80. The number of hydrogen-bond donors (Lipinski definition) is 2. The second-order valence-corrected chi connectivity index (χ2v) is 4.64. The van der Waals surface area contributed by atoms with Crippen molar-refractivity contribution in [3.63, 3.8) is 0 Å². The lowest BCUT2D eigenvalue weighted by atomic mass is 9.84. The minimum Gasteiger partial charge on any atom is -0.327 e. The maximum Gasteiger partial charge on any atom is 0.232 e. The third kappa shape index (κ3) is 2.04. The van der Waals surface area contributed by atoms with Crippen LogP contribution in [0.3, 0.4) is 0 Å². The van der Waals surface area contributed by atoms with Gasteiger partial charge in [-0.1, -0.05) is 25.7 Å². The van der Waals surface area contributed by atoms with E-state index in [0.717, 1.165) is 32.1 Å². The van der Waals surface area contributed by atoms with E-state index in [-0.39, 0.29) is 29.7 Å². The van der Waals surface area contributed by atoms with Crippen molar-refractivity contribution in [3.8, 4) is 0 Å². The summed E-state index contributed by atoms with van der Waals surface area (Å²) < 4.78 is 0. The van der Waals surface area contributed by atoms with Crippen molar-refractivity contribution in [2.75, 3.05) is 0 Å². The molecule has 15 heavy (non-hydrogen) atoms. The maximum atomic E-state index is 11.6. The van der Waals surface area contributed by atoms with Gasteiger partial charge in [0.05, 0.1) is 11.8 Å². The molecular weight excluding hydrogens is 192 g/mol. The Bertz CT molecular complexity index is 278. The summed E-state index contributed by atoms with van der Waals surface area (Å²) >= 11 is 0. The number of nitrogens with one attached hydrogen (secondary N) is 1. The molecule has 0 spiro atoms. The molecule has 0 aromatic heterocycles. The normalized spacial score (nSPS) is 37.5. The lowest BCUT2D eigenvalue weighted by Crippen LogP contribution is -2.37. The highest BCUT2D eigenvalue weighted by Crippen LogP contribution is 2.30. The van der Waals surface area contributed by atoms with Gasteiger partial charge >= 0.3 is 0 Å². The van der Waals surface area contributed by atoms with Gasteiger partial charge in [-0.05, 0) is 12.8 Å². The fourth-order valence-corrected chi connectivity index (χ4v) is 2.72. The summed E-state index contributed by atoms with van der Waals surface area (Å²) in [6.45, 7) is 0. The van der Waals surface area contributed by atoms with Gasteiger partial charge in [0.25, 0.3) is 0 Å². The zero-order valence-electron chi connectivity index (χ0n) is 8.87. The first-order valence-corrected chi connectivity index (χ1v) is 5.80. The van der Waals surface area contributed by atoms with Gasteiger partial charge in [0.2, 0.25) is 11.8 Å². The Morgan fingerprint density at radius 3 is 2.40 bits per heavy atom. The second-order valence-electron chi connectivity index (χ2n) is 4.64. The summed E-state index contributed by atoms with van der Waals surface area (Å²) in [5.74, 6) is -0.692. The standard InChI is InChI=1S/C11H18N2O2/c12-8-6-4-2-1-3-5-7-9(8)11(15)13-10(7)14/h7-9H,1-6,12H2,(H,13,14,15). The van der Waals surface area contributed by atoms with Crippen LogP contribution in [0.2, 0.25) is 0 Å². The molecule has 3 atom stereocenters. The Hall–Kier alpha value is -0.900. The third-order valence-electron chi connectivity index (χ3n) is 3.58. The molecule has 4 nitrogen and oxygen atoms in total. The smallest absolute Gasteiger partial charge is 0.232 e. The predicted molar refractivity (Wildman–Crippen MR) is 55.8 cm³/mol. The topological polar surface area (TPSA) is 72.2 Å². The van der Waals surface area contributed by atoms with Crippen molar-refractivity contribution < 1.29 is 9.59 Å². The molecule has 1 saturated carbocycles. The van der Waals surface area contributed by atoms with Crippen molar-refractivity contribution >= 4 is 11.8 Å². The average molecular weight is 210 g/mol. The van der Waals surface area contributed by atoms with E-state index in [1.165, 1.54) is 6.42 Å². The minimum absolute atomic E-state index is 0.109. The van der Waals surface area contributed by atoms with E-state index in [0.29, 0.717) is 0 Å². The van der Waals surface area contributed by atoms with Gasteiger partial charge in [0, 0.05) is 6.04 Å². The van der Waals surface area contributed by atoms with Gasteiger partial charge in [-0.3, -0.25) is 14.9 Å². The molecule has 3 N–H and O–H groups in total. The summed E-state index contributed by atoms with van der Waals surface area (Å²) in [5.41, 5.74) is 6.00. The molecule has 2 aliphatic rings. The van der Waals surface area contributed by atoms with Crippen LogP contribution in [0.1, 0.15) is 38.5 Å². The number of carbonyl (C=O) groups excluding carboxylic acids is 2. The highest BCUT2D eigenvalue weighted by atomic mass is 16.2. The molecule has 0 aromatic carbocycles. The molecule has 3 unspecified atom stereocenters. The summed E-state index contributed by atoms with van der Waals surface area (Å²) in [5, 5.41) is 2.41. The SMILES string of the molecule is NC1CCCCCCC2C(=O)NC(=O)C12. The summed E-state index contributed by atoms with van der Waals surface area (Å²) in [4.78, 5) is 23.1. The summed E-state index contributed by atoms with van der Waals surface area (Å²) in [6.07, 6.45) is 6.11. The Labute approximate surface area is 89.6 Å². The molecule has 2 fully saturated rings. The molecule has 4 heteroatoms. The molecule has 1 saturated heterocycles. The fourth-order valence-electron chi connectivity index (χ4n) is 2.72. The number of imide groups is 1. The molecule has 2 rings (SSSR count). The number of amides is 2. The Morgan fingerprint density at radius 2 is 1.67 bits per heavy atom. The van der Waals surface area contributed by atoms with E-state index in [1.54, 1.807) is 0 Å². The van der Waals surface area contributed by atoms with Crippen molar-refractivity contribution in [1.29, 1.82) is 0 Å². The van der Waals surface area contributed by atoms with E-state index in [2.05, 4.69) is 5.32 Å². The molecule has 0 bridgehead atoms. The van der Waals surface area contributed by atoms with Crippen molar-refractivity contribution in [2.24, 2.45) is 17.6 Å². The zero-order valence-corrected chi connectivity index (χ0v) is 8.87. The van der Waals surface area contributed by atoms with Crippen LogP contribution in [-0.2, 0) is 9.59 Å². The molecular formula is C11H18N2O2. The van der Waals surface area contributed by atoms with E-state index < -0.39 is 0 Å². The molecule has 84 valence electrons. The first-order chi connectivity index (χ1) is 7.20. The van der Waals surface area contributed by atoms with Gasteiger partial charge < -0.3 is 5.73 Å². The largest absolute Gasteiger partial charge is 0.327 e. The van der Waals surface area contributed by atoms with Gasteiger partial charge in [-0.2, -0.15) is 0 Å². The van der Waals surface area contributed by atoms with Crippen LogP contribution in [0.15, 0.2) is 0 Å². The van der Waals surface area contributed by atoms with Gasteiger partial charge in [-0.25, -0.2) is 0 Å². The highest BCUT2D eigenvalue weighted by Gasteiger charge is 2.44. The van der Waals surface area contributed by atoms with Crippen molar-refractivity contribution in [2.45, 2.75) is 44.6 Å². The first kappa shape index (κ1) is 10.6.